The van der Waals surface area contributed by atoms with Crippen LogP contribution in [-0.2, 0) is 19.7 Å². The molecule has 0 aromatic heterocycles. The minimum atomic E-state index is -4.94. The minimum Gasteiger partial charge on any atom is -0.384 e. The summed E-state index contributed by atoms with van der Waals surface area (Å²) in [5.74, 6) is -0.644. The van der Waals surface area contributed by atoms with Gasteiger partial charge in [0.15, 0.2) is 5.78 Å². The van der Waals surface area contributed by atoms with Crippen molar-refractivity contribution in [3.63, 3.8) is 0 Å². The maximum absolute atomic E-state index is 10.9. The lowest BCUT2D eigenvalue weighted by atomic mass is 10.1. The Morgan fingerprint density at radius 3 is 2.14 bits per heavy atom. The number of Topliss-reactive ketones (excluding diaryl/α,β-unsaturated/α-hetero) is 1. The Bertz CT molecular complexity index is 366. The second-order valence-corrected chi connectivity index (χ2v) is 4.07. The van der Waals surface area contributed by atoms with Crippen LogP contribution in [0, 0.1) is 0 Å². The van der Waals surface area contributed by atoms with E-state index in [1.165, 1.54) is 6.92 Å². The molecule has 0 amide bonds. The van der Waals surface area contributed by atoms with Crippen molar-refractivity contribution in [2.45, 2.75) is 19.4 Å². The predicted molar refractivity (Wildman–Crippen MR) is 47.0 cm³/mol. The quantitative estimate of drug-likeness (QED) is 0.480. The third-order valence-corrected chi connectivity index (χ3v) is 2.16. The van der Waals surface area contributed by atoms with E-state index < -0.39 is 33.5 Å². The molecule has 0 aromatic rings. The average molecular weight is 222 g/mol. The van der Waals surface area contributed by atoms with Crippen molar-refractivity contribution < 1.29 is 27.7 Å². The van der Waals surface area contributed by atoms with Crippen LogP contribution in [0.2, 0.25) is 0 Å². The lowest BCUT2D eigenvalue weighted by Crippen LogP contribution is -2.30. The Kier molecular flexibility index (Phi) is 4.11. The number of ketones is 1. The normalized spacial score (nSPS) is 13.4. The molecule has 0 aliphatic rings. The summed E-state index contributed by atoms with van der Waals surface area (Å²) in [6.45, 7) is 4.60. The summed E-state index contributed by atoms with van der Waals surface area (Å²) in [6, 6.07) is 0. The molecule has 0 saturated carbocycles. The minimum absolute atomic E-state index is 0.0900. The van der Waals surface area contributed by atoms with E-state index >= 15 is 0 Å². The van der Waals surface area contributed by atoms with Gasteiger partial charge in [0, 0.05) is 6.42 Å². The van der Waals surface area contributed by atoms with Gasteiger partial charge in [0.2, 0.25) is 0 Å². The summed E-state index contributed by atoms with van der Waals surface area (Å²) in [7, 11) is -4.94. The number of hydrogen-bond acceptors (Lipinski definition) is 5. The van der Waals surface area contributed by atoms with Gasteiger partial charge in [0.25, 0.3) is 0 Å². The third kappa shape index (κ3) is 3.77. The second-order valence-electron chi connectivity index (χ2n) is 2.72. The highest BCUT2D eigenvalue weighted by Crippen LogP contribution is 2.04. The summed E-state index contributed by atoms with van der Waals surface area (Å²) >= 11 is 0. The lowest BCUT2D eigenvalue weighted by Gasteiger charge is -2.05. The van der Waals surface area contributed by atoms with Gasteiger partial charge < -0.3 is 5.11 Å². The molecule has 1 atom stereocenters. The zero-order valence-electron chi connectivity index (χ0n) is 7.43. The summed E-state index contributed by atoms with van der Waals surface area (Å²) in [4.78, 5) is 21.5. The molecule has 80 valence electrons. The van der Waals surface area contributed by atoms with Crippen LogP contribution in [0.1, 0.15) is 13.3 Å². The van der Waals surface area contributed by atoms with Gasteiger partial charge in [-0.05, 0) is 12.5 Å². The van der Waals surface area contributed by atoms with E-state index in [9.17, 15) is 18.0 Å². The molecule has 2 N–H and O–H groups in total. The number of aliphatic hydroxyl groups is 1. The monoisotopic (exact) mass is 222 g/mol. The Morgan fingerprint density at radius 2 is 1.86 bits per heavy atom. The smallest absolute Gasteiger partial charge is 0.331 e. The fourth-order valence-corrected chi connectivity index (χ4v) is 1.03. The third-order valence-electron chi connectivity index (χ3n) is 1.38. The van der Waals surface area contributed by atoms with Crippen LogP contribution >= 0.6 is 0 Å². The number of carbonyl (C=O) groups is 2. The number of allylic oxidation sites excluding steroid dienone is 1. The largest absolute Gasteiger partial charge is 0.384 e. The molecule has 0 aliphatic carbocycles. The van der Waals surface area contributed by atoms with Crippen molar-refractivity contribution in [2.75, 3.05) is 0 Å². The molecular formula is C7H10O6S. The van der Waals surface area contributed by atoms with E-state index in [1.54, 1.807) is 0 Å². The van der Waals surface area contributed by atoms with Gasteiger partial charge in [0.1, 0.15) is 6.10 Å². The van der Waals surface area contributed by atoms with Gasteiger partial charge >= 0.3 is 15.2 Å². The molecule has 6 nitrogen and oxygen atoms in total. The van der Waals surface area contributed by atoms with E-state index in [-0.39, 0.29) is 5.57 Å². The van der Waals surface area contributed by atoms with Crippen molar-refractivity contribution >= 4 is 21.0 Å². The topological polar surface area (TPSA) is 109 Å². The zero-order chi connectivity index (χ0) is 11.5. The fraction of sp³-hybridized carbons (Fsp3) is 0.429. The average Bonchev–Trinajstić information content (AvgIpc) is 2.00. The first-order valence-corrected chi connectivity index (χ1v) is 4.98. The summed E-state index contributed by atoms with van der Waals surface area (Å²) in [5, 5.41) is 7.14. The van der Waals surface area contributed by atoms with Gasteiger partial charge in [-0.3, -0.25) is 14.1 Å². The summed E-state index contributed by atoms with van der Waals surface area (Å²) in [6.07, 6.45) is -2.75. The first kappa shape index (κ1) is 12.9. The molecule has 0 bridgehead atoms. The van der Waals surface area contributed by atoms with Crippen molar-refractivity contribution in [1.82, 2.24) is 0 Å². The molecule has 0 fully saturated rings. The number of aliphatic hydroxyl groups excluding tert-OH is 1. The van der Waals surface area contributed by atoms with Gasteiger partial charge in [0.05, 0.1) is 0 Å². The molecule has 14 heavy (non-hydrogen) atoms. The van der Waals surface area contributed by atoms with Crippen LogP contribution in [0.4, 0.5) is 0 Å². The van der Waals surface area contributed by atoms with Crippen LogP contribution in [0.5, 0.6) is 0 Å². The lowest BCUT2D eigenvalue weighted by molar-refractivity contribution is -0.125. The van der Waals surface area contributed by atoms with Crippen molar-refractivity contribution in [3.8, 4) is 0 Å². The van der Waals surface area contributed by atoms with Crippen molar-refractivity contribution in [2.24, 2.45) is 0 Å². The maximum atomic E-state index is 10.9. The van der Waals surface area contributed by atoms with Crippen LogP contribution in [0.3, 0.4) is 0 Å². The summed E-state index contributed by atoms with van der Waals surface area (Å²) in [5.41, 5.74) is 0.0900. The fourth-order valence-electron chi connectivity index (χ4n) is 0.605. The highest BCUT2D eigenvalue weighted by Gasteiger charge is 2.29. The van der Waals surface area contributed by atoms with E-state index in [1.807, 2.05) is 0 Å². The molecule has 0 spiro atoms. The molecule has 0 radical (unpaired) electrons. The van der Waals surface area contributed by atoms with Gasteiger partial charge in [-0.25, -0.2) is 0 Å². The molecule has 0 saturated heterocycles. The summed E-state index contributed by atoms with van der Waals surface area (Å²) < 4.78 is 28.7. The first-order valence-electron chi connectivity index (χ1n) is 3.54. The van der Waals surface area contributed by atoms with Crippen LogP contribution in [0.15, 0.2) is 12.2 Å². The van der Waals surface area contributed by atoms with Gasteiger partial charge in [-0.2, -0.15) is 8.42 Å². The molecule has 0 aliphatic heterocycles. The van der Waals surface area contributed by atoms with Crippen molar-refractivity contribution in [1.29, 1.82) is 0 Å². The SMILES string of the molecule is C=C(C)C(=O)CC(O)C(=O)S(=O)(=O)O. The highest BCUT2D eigenvalue weighted by molar-refractivity contribution is 8.01. The van der Waals surface area contributed by atoms with Gasteiger partial charge in [-0.15, -0.1) is 0 Å². The van der Waals surface area contributed by atoms with E-state index in [4.69, 9.17) is 9.66 Å². The van der Waals surface area contributed by atoms with Crippen molar-refractivity contribution in [3.05, 3.63) is 12.2 Å². The maximum Gasteiger partial charge on any atom is 0.331 e. The van der Waals surface area contributed by atoms with E-state index in [0.717, 1.165) is 0 Å². The standard InChI is InChI=1S/C7H10O6S/c1-4(2)5(8)3-6(9)7(10)14(11,12)13/h6,9H,1,3H2,2H3,(H,11,12,13). The van der Waals surface area contributed by atoms with Gasteiger partial charge in [-0.1, -0.05) is 6.58 Å². The number of carbonyl (C=O) groups excluding carboxylic acids is 2. The number of rotatable bonds is 4. The van der Waals surface area contributed by atoms with Crippen LogP contribution in [0.25, 0.3) is 0 Å². The highest BCUT2D eigenvalue weighted by atomic mass is 32.2. The second kappa shape index (κ2) is 4.45. The van der Waals surface area contributed by atoms with E-state index in [2.05, 4.69) is 6.58 Å². The van der Waals surface area contributed by atoms with E-state index in [0.29, 0.717) is 0 Å². The van der Waals surface area contributed by atoms with Crippen LogP contribution < -0.4 is 0 Å². The molecule has 0 heterocycles. The molecule has 0 aromatic carbocycles. The molecule has 1 unspecified atom stereocenters. The number of hydrogen-bond donors (Lipinski definition) is 2. The first-order chi connectivity index (χ1) is 6.16. The predicted octanol–water partition coefficient (Wildman–Crippen LogP) is -0.703. The Morgan fingerprint density at radius 1 is 1.43 bits per heavy atom. The van der Waals surface area contributed by atoms with Crippen LogP contribution in [-0.4, -0.2) is 35.1 Å². The molecule has 7 heteroatoms. The Hall–Kier alpha value is -1.05. The Balaban J connectivity index is 4.53. The Labute approximate surface area is 81.0 Å². The zero-order valence-corrected chi connectivity index (χ0v) is 8.24. The molecule has 0 rings (SSSR count). The molecular weight excluding hydrogens is 212 g/mol.